The lowest BCUT2D eigenvalue weighted by atomic mass is 10.2. The van der Waals surface area contributed by atoms with E-state index in [-0.39, 0.29) is 18.4 Å². The SMILES string of the molecule is COC(CN)CC(=O)NCc1cccnc1N(C)C. The molecule has 0 fully saturated rings. The van der Waals surface area contributed by atoms with Gasteiger partial charge in [-0.25, -0.2) is 4.98 Å². The van der Waals surface area contributed by atoms with Crippen molar-refractivity contribution in [1.82, 2.24) is 10.3 Å². The van der Waals surface area contributed by atoms with Crippen LogP contribution in [-0.4, -0.2) is 44.7 Å². The molecule has 0 aliphatic rings. The van der Waals surface area contributed by atoms with Gasteiger partial charge in [0.25, 0.3) is 0 Å². The summed E-state index contributed by atoms with van der Waals surface area (Å²) in [7, 11) is 5.39. The largest absolute Gasteiger partial charge is 0.380 e. The van der Waals surface area contributed by atoms with Gasteiger partial charge in [-0.05, 0) is 6.07 Å². The molecule has 1 amide bonds. The number of aromatic nitrogens is 1. The lowest BCUT2D eigenvalue weighted by Gasteiger charge is -2.17. The summed E-state index contributed by atoms with van der Waals surface area (Å²) >= 11 is 0. The lowest BCUT2D eigenvalue weighted by molar-refractivity contribution is -0.123. The average Bonchev–Trinajstić information content (AvgIpc) is 2.42. The number of ether oxygens (including phenoxy) is 1. The second kappa shape index (κ2) is 7.70. The van der Waals surface area contributed by atoms with Gasteiger partial charge in [-0.3, -0.25) is 4.79 Å². The average molecular weight is 266 g/mol. The second-order valence-electron chi connectivity index (χ2n) is 4.45. The normalized spacial score (nSPS) is 12.0. The zero-order valence-corrected chi connectivity index (χ0v) is 11.7. The number of nitrogens with two attached hydrogens (primary N) is 1. The first-order valence-corrected chi connectivity index (χ1v) is 6.19. The Morgan fingerprint density at radius 3 is 2.89 bits per heavy atom. The predicted octanol–water partition coefficient (Wildman–Crippen LogP) is 0.128. The van der Waals surface area contributed by atoms with E-state index in [1.165, 1.54) is 0 Å². The minimum atomic E-state index is -0.234. The van der Waals surface area contributed by atoms with Crippen LogP contribution < -0.4 is 16.0 Å². The molecular weight excluding hydrogens is 244 g/mol. The topological polar surface area (TPSA) is 80.5 Å². The number of amides is 1. The molecule has 1 rings (SSSR count). The first-order valence-electron chi connectivity index (χ1n) is 6.19. The molecule has 1 unspecified atom stereocenters. The van der Waals surface area contributed by atoms with E-state index < -0.39 is 0 Å². The number of methoxy groups -OCH3 is 1. The fraction of sp³-hybridized carbons (Fsp3) is 0.538. The number of carbonyl (C=O) groups is 1. The van der Waals surface area contributed by atoms with E-state index in [1.54, 1.807) is 13.3 Å². The Kier molecular flexibility index (Phi) is 6.24. The highest BCUT2D eigenvalue weighted by Gasteiger charge is 2.12. The van der Waals surface area contributed by atoms with Gasteiger partial charge < -0.3 is 20.7 Å². The number of nitrogens with one attached hydrogen (secondary N) is 1. The van der Waals surface area contributed by atoms with Gasteiger partial charge >= 0.3 is 0 Å². The van der Waals surface area contributed by atoms with Crippen LogP contribution in [0, 0.1) is 0 Å². The predicted molar refractivity (Wildman–Crippen MR) is 74.9 cm³/mol. The van der Waals surface area contributed by atoms with Crippen LogP contribution in [0.3, 0.4) is 0 Å². The fourth-order valence-corrected chi connectivity index (χ4v) is 1.71. The summed E-state index contributed by atoms with van der Waals surface area (Å²) in [5.41, 5.74) is 6.46. The number of anilines is 1. The highest BCUT2D eigenvalue weighted by atomic mass is 16.5. The van der Waals surface area contributed by atoms with Gasteiger partial charge in [0.1, 0.15) is 5.82 Å². The minimum absolute atomic E-state index is 0.0779. The number of hydrogen-bond acceptors (Lipinski definition) is 5. The molecule has 0 bridgehead atoms. The van der Waals surface area contributed by atoms with E-state index in [0.29, 0.717) is 13.1 Å². The molecule has 0 radical (unpaired) electrons. The third kappa shape index (κ3) is 4.84. The maximum absolute atomic E-state index is 11.7. The van der Waals surface area contributed by atoms with E-state index >= 15 is 0 Å². The zero-order chi connectivity index (χ0) is 14.3. The molecule has 0 aliphatic heterocycles. The fourth-order valence-electron chi connectivity index (χ4n) is 1.71. The Hall–Kier alpha value is -1.66. The molecule has 19 heavy (non-hydrogen) atoms. The van der Waals surface area contributed by atoms with Crippen molar-refractivity contribution in [2.75, 3.05) is 32.6 Å². The minimum Gasteiger partial charge on any atom is -0.380 e. The summed E-state index contributed by atoms with van der Waals surface area (Å²) < 4.78 is 5.08. The van der Waals surface area contributed by atoms with Crippen LogP contribution >= 0.6 is 0 Å². The molecule has 0 saturated heterocycles. The summed E-state index contributed by atoms with van der Waals surface area (Å²) in [5.74, 6) is 0.774. The molecule has 1 atom stereocenters. The van der Waals surface area contributed by atoms with Gasteiger partial charge in [0.15, 0.2) is 0 Å². The molecule has 0 saturated carbocycles. The van der Waals surface area contributed by atoms with Crippen LogP contribution in [0.25, 0.3) is 0 Å². The van der Waals surface area contributed by atoms with Crippen LogP contribution in [0.2, 0.25) is 0 Å². The van der Waals surface area contributed by atoms with Crippen LogP contribution in [0.5, 0.6) is 0 Å². The molecule has 1 aromatic heterocycles. The molecule has 0 aromatic carbocycles. The third-order valence-corrected chi connectivity index (χ3v) is 2.78. The van der Waals surface area contributed by atoms with Crippen LogP contribution in [-0.2, 0) is 16.1 Å². The molecule has 1 heterocycles. The number of carbonyl (C=O) groups excluding carboxylic acids is 1. The van der Waals surface area contributed by atoms with Crippen molar-refractivity contribution >= 4 is 11.7 Å². The summed E-state index contributed by atoms with van der Waals surface area (Å²) in [6, 6.07) is 3.80. The smallest absolute Gasteiger partial charge is 0.222 e. The monoisotopic (exact) mass is 266 g/mol. The molecule has 6 heteroatoms. The van der Waals surface area contributed by atoms with Crippen molar-refractivity contribution in [2.45, 2.75) is 19.1 Å². The number of hydrogen-bond donors (Lipinski definition) is 2. The van der Waals surface area contributed by atoms with Crippen molar-refractivity contribution in [2.24, 2.45) is 5.73 Å². The molecule has 1 aromatic rings. The number of nitrogens with zero attached hydrogens (tertiary/aromatic N) is 2. The third-order valence-electron chi connectivity index (χ3n) is 2.78. The maximum Gasteiger partial charge on any atom is 0.222 e. The van der Waals surface area contributed by atoms with Crippen molar-refractivity contribution in [3.05, 3.63) is 23.9 Å². The highest BCUT2D eigenvalue weighted by Crippen LogP contribution is 2.13. The number of rotatable bonds is 7. The van der Waals surface area contributed by atoms with E-state index in [2.05, 4.69) is 10.3 Å². The van der Waals surface area contributed by atoms with Crippen molar-refractivity contribution in [3.8, 4) is 0 Å². The van der Waals surface area contributed by atoms with Gasteiger partial charge in [0.2, 0.25) is 5.91 Å². The van der Waals surface area contributed by atoms with Crippen molar-refractivity contribution in [3.63, 3.8) is 0 Å². The van der Waals surface area contributed by atoms with E-state index in [1.807, 2.05) is 31.1 Å². The molecule has 3 N–H and O–H groups in total. The lowest BCUT2D eigenvalue weighted by Crippen LogP contribution is -2.32. The van der Waals surface area contributed by atoms with E-state index in [4.69, 9.17) is 10.5 Å². The Morgan fingerprint density at radius 2 is 2.32 bits per heavy atom. The van der Waals surface area contributed by atoms with Gasteiger partial charge in [-0.15, -0.1) is 0 Å². The van der Waals surface area contributed by atoms with E-state index in [9.17, 15) is 4.79 Å². The Balaban J connectivity index is 2.55. The van der Waals surface area contributed by atoms with Crippen LogP contribution in [0.1, 0.15) is 12.0 Å². The summed E-state index contributed by atoms with van der Waals surface area (Å²) in [5, 5.41) is 2.85. The molecule has 6 nitrogen and oxygen atoms in total. The van der Waals surface area contributed by atoms with Crippen LogP contribution in [0.4, 0.5) is 5.82 Å². The molecule has 106 valence electrons. The summed E-state index contributed by atoms with van der Waals surface area (Å²) in [6.07, 6.45) is 1.77. The Morgan fingerprint density at radius 1 is 1.58 bits per heavy atom. The number of pyridine rings is 1. The Bertz CT molecular complexity index is 405. The summed E-state index contributed by atoms with van der Waals surface area (Å²) in [6.45, 7) is 0.779. The van der Waals surface area contributed by atoms with Crippen molar-refractivity contribution in [1.29, 1.82) is 0 Å². The van der Waals surface area contributed by atoms with Crippen molar-refractivity contribution < 1.29 is 9.53 Å². The van der Waals surface area contributed by atoms with Gasteiger partial charge in [-0.2, -0.15) is 0 Å². The standard InChI is InChI=1S/C13H22N4O2/c1-17(2)13-10(5-4-6-15-13)9-16-12(18)7-11(8-14)19-3/h4-6,11H,7-9,14H2,1-3H3,(H,16,18). The highest BCUT2D eigenvalue weighted by molar-refractivity contribution is 5.76. The first kappa shape index (κ1) is 15.4. The van der Waals surface area contributed by atoms with E-state index in [0.717, 1.165) is 11.4 Å². The molecular formula is C13H22N4O2. The quantitative estimate of drug-likeness (QED) is 0.733. The Labute approximate surface area is 113 Å². The first-order chi connectivity index (χ1) is 9.08. The zero-order valence-electron chi connectivity index (χ0n) is 11.7. The van der Waals surface area contributed by atoms with Gasteiger partial charge in [-0.1, -0.05) is 6.07 Å². The maximum atomic E-state index is 11.7. The second-order valence-corrected chi connectivity index (χ2v) is 4.45. The van der Waals surface area contributed by atoms with Gasteiger partial charge in [0.05, 0.1) is 12.5 Å². The molecule has 0 aliphatic carbocycles. The summed E-state index contributed by atoms with van der Waals surface area (Å²) in [4.78, 5) is 17.9. The van der Waals surface area contributed by atoms with Gasteiger partial charge in [0, 0.05) is 46.1 Å². The molecule has 0 spiro atoms. The van der Waals surface area contributed by atoms with Crippen LogP contribution in [0.15, 0.2) is 18.3 Å².